The number of hydrogen-bond acceptors (Lipinski definition) is 5. The van der Waals surface area contributed by atoms with Crippen molar-refractivity contribution in [2.45, 2.75) is 19.3 Å². The zero-order valence-corrected chi connectivity index (χ0v) is 10.7. The summed E-state index contributed by atoms with van der Waals surface area (Å²) in [6, 6.07) is 0. The van der Waals surface area contributed by atoms with E-state index in [2.05, 4.69) is 16.3 Å². The number of aliphatic hydroxyl groups excluding tert-OH is 3. The monoisotopic (exact) mass is 274 g/mol. The summed E-state index contributed by atoms with van der Waals surface area (Å²) in [7, 11) is 0. The molecule has 0 aromatic rings. The summed E-state index contributed by atoms with van der Waals surface area (Å²) in [5.41, 5.74) is -0.876. The van der Waals surface area contributed by atoms with Crippen LogP contribution in [0.5, 0.6) is 0 Å². The summed E-state index contributed by atoms with van der Waals surface area (Å²) >= 11 is 4.26. The van der Waals surface area contributed by atoms with Crippen LogP contribution in [0.1, 0.15) is 19.3 Å². The van der Waals surface area contributed by atoms with Crippen LogP contribution in [0.4, 0.5) is 0 Å². The van der Waals surface area contributed by atoms with Crippen molar-refractivity contribution in [1.29, 1.82) is 0 Å². The zero-order valence-electron chi connectivity index (χ0n) is 8.95. The molecule has 16 heavy (non-hydrogen) atoms. The van der Waals surface area contributed by atoms with Gasteiger partial charge >= 0.3 is 6.72 Å². The van der Waals surface area contributed by atoms with Gasteiger partial charge in [-0.2, -0.15) is 0 Å². The first-order valence-corrected chi connectivity index (χ1v) is 7.54. The van der Waals surface area contributed by atoms with Crippen LogP contribution in [-0.2, 0) is 16.3 Å². The average molecular weight is 274 g/mol. The molecule has 0 saturated carbocycles. The molecule has 0 radical (unpaired) electrons. The first-order chi connectivity index (χ1) is 7.39. The Morgan fingerprint density at radius 2 is 1.50 bits per heavy atom. The van der Waals surface area contributed by atoms with Crippen LogP contribution in [0.25, 0.3) is 0 Å². The van der Waals surface area contributed by atoms with Crippen LogP contribution in [-0.4, -0.2) is 51.5 Å². The Morgan fingerprint density at radius 3 is 1.88 bits per heavy atom. The van der Waals surface area contributed by atoms with E-state index in [0.29, 0.717) is 19.3 Å². The lowest BCUT2D eigenvalue weighted by Gasteiger charge is -2.27. The molecule has 0 aliphatic carbocycles. The fourth-order valence-corrected chi connectivity index (χ4v) is 1.76. The summed E-state index contributed by atoms with van der Waals surface area (Å²) in [5, 5.41) is 27.1. The first kappa shape index (κ1) is 16.4. The van der Waals surface area contributed by atoms with E-state index < -0.39 is 12.1 Å². The van der Waals surface area contributed by atoms with Gasteiger partial charge < -0.3 is 29.6 Å². The van der Waals surface area contributed by atoms with Gasteiger partial charge in [0.15, 0.2) is 0 Å². The molecule has 0 unspecified atom stereocenters. The fourth-order valence-electron chi connectivity index (χ4n) is 1.17. The third kappa shape index (κ3) is 6.88. The Morgan fingerprint density at radius 1 is 1.00 bits per heavy atom. The van der Waals surface area contributed by atoms with Crippen molar-refractivity contribution in [3.8, 4) is 0 Å². The molecule has 98 valence electrons. The Bertz CT molecular complexity index is 218. The Hall–Kier alpha value is 0.410. The van der Waals surface area contributed by atoms with Crippen molar-refractivity contribution in [3.05, 3.63) is 0 Å². The lowest BCUT2D eigenvalue weighted by Crippen LogP contribution is -2.33. The minimum absolute atomic E-state index is 0.114. The molecular weight excluding hydrogens is 255 g/mol. The van der Waals surface area contributed by atoms with E-state index in [0.717, 1.165) is 0 Å². The van der Waals surface area contributed by atoms with Crippen LogP contribution in [0.2, 0.25) is 0 Å². The third-order valence-corrected chi connectivity index (χ3v) is 3.20. The van der Waals surface area contributed by atoms with Crippen molar-refractivity contribution in [2.75, 3.05) is 26.4 Å². The summed E-state index contributed by atoms with van der Waals surface area (Å²) in [5.74, 6) is 0. The van der Waals surface area contributed by atoms with E-state index in [9.17, 15) is 0 Å². The molecule has 0 saturated heterocycles. The maximum Gasteiger partial charge on any atom is 0.321 e. The maximum absolute atomic E-state index is 9.02. The number of hydrogen-bond donors (Lipinski definition) is 5. The second-order valence-electron chi connectivity index (χ2n) is 3.76. The van der Waals surface area contributed by atoms with Gasteiger partial charge in [-0.05, 0) is 24.6 Å². The highest BCUT2D eigenvalue weighted by Crippen LogP contribution is 2.36. The Labute approximate surface area is 99.8 Å². The number of unbranched alkanes of at least 4 members (excludes halogenated alkanes) is 1. The summed E-state index contributed by atoms with van der Waals surface area (Å²) in [6.07, 6.45) is 1.53. The topological polar surface area (TPSA) is 110 Å². The van der Waals surface area contributed by atoms with Crippen molar-refractivity contribution in [1.82, 2.24) is 0 Å². The van der Waals surface area contributed by atoms with Gasteiger partial charge in [-0.25, -0.2) is 0 Å². The molecule has 6 nitrogen and oxygen atoms in total. The van der Waals surface area contributed by atoms with Crippen LogP contribution >= 0.6 is 6.72 Å². The van der Waals surface area contributed by atoms with Crippen molar-refractivity contribution < 1.29 is 29.6 Å². The first-order valence-electron chi connectivity index (χ1n) is 4.92. The van der Waals surface area contributed by atoms with Crippen LogP contribution < -0.4 is 0 Å². The predicted octanol–water partition coefficient (Wildman–Crippen LogP) is -0.654. The van der Waals surface area contributed by atoms with Crippen LogP contribution in [0.3, 0.4) is 0 Å². The fraction of sp³-hybridized carbons (Fsp3) is 1.00. The zero-order chi connectivity index (χ0) is 12.7. The van der Waals surface area contributed by atoms with Gasteiger partial charge in [-0.15, -0.1) is 0 Å². The lowest BCUT2D eigenvalue weighted by molar-refractivity contribution is -0.00282. The van der Waals surface area contributed by atoms with E-state index in [-0.39, 0.29) is 26.4 Å². The third-order valence-electron chi connectivity index (χ3n) is 2.37. The van der Waals surface area contributed by atoms with Crippen molar-refractivity contribution >= 4 is 18.5 Å². The molecule has 0 atom stereocenters. The Kier molecular flexibility index (Phi) is 7.88. The molecule has 0 fully saturated rings. The van der Waals surface area contributed by atoms with Gasteiger partial charge in [0, 0.05) is 5.41 Å². The van der Waals surface area contributed by atoms with E-state index in [4.69, 9.17) is 25.1 Å². The molecule has 0 aliphatic rings. The van der Waals surface area contributed by atoms with Gasteiger partial charge in [0.2, 0.25) is 0 Å². The van der Waals surface area contributed by atoms with Gasteiger partial charge in [0.05, 0.1) is 26.4 Å². The summed E-state index contributed by atoms with van der Waals surface area (Å²) in [4.78, 5) is 17.5. The normalized spacial score (nSPS) is 13.1. The summed E-state index contributed by atoms with van der Waals surface area (Å²) < 4.78 is 4.59. The van der Waals surface area contributed by atoms with Crippen molar-refractivity contribution in [3.63, 3.8) is 0 Å². The minimum Gasteiger partial charge on any atom is -0.396 e. The van der Waals surface area contributed by atoms with Gasteiger partial charge in [0.1, 0.15) is 0 Å². The predicted molar refractivity (Wildman–Crippen MR) is 62.2 cm³/mol. The molecule has 0 amide bonds. The van der Waals surface area contributed by atoms with E-state index in [1.807, 2.05) is 0 Å². The summed E-state index contributed by atoms with van der Waals surface area (Å²) in [6.45, 7) is -4.35. The largest absolute Gasteiger partial charge is 0.396 e. The smallest absolute Gasteiger partial charge is 0.321 e. The molecular formula is C8H19O6PS. The SMILES string of the molecule is OCC(CO)(CO)CCCCOP(O)(O)=S. The molecule has 0 rings (SSSR count). The second-order valence-corrected chi connectivity index (χ2v) is 6.42. The molecule has 0 aromatic heterocycles. The van der Waals surface area contributed by atoms with Gasteiger partial charge in [-0.3, -0.25) is 0 Å². The van der Waals surface area contributed by atoms with E-state index >= 15 is 0 Å². The highest BCUT2D eigenvalue weighted by molar-refractivity contribution is 8.06. The lowest BCUT2D eigenvalue weighted by atomic mass is 9.85. The number of rotatable bonds is 9. The highest BCUT2D eigenvalue weighted by Gasteiger charge is 2.27. The van der Waals surface area contributed by atoms with Crippen LogP contribution in [0.15, 0.2) is 0 Å². The van der Waals surface area contributed by atoms with Crippen LogP contribution in [0, 0.1) is 5.41 Å². The quantitative estimate of drug-likeness (QED) is 0.280. The molecule has 5 N–H and O–H groups in total. The standard InChI is InChI=1S/C8H19O6PS/c9-5-8(6-10,7-11)3-1-2-4-14-15(12,13)16/h9-11H,1-7H2,(H2,12,13,16). The Balaban J connectivity index is 3.76. The molecule has 0 bridgehead atoms. The maximum atomic E-state index is 9.02. The van der Waals surface area contributed by atoms with Gasteiger partial charge in [-0.1, -0.05) is 6.42 Å². The molecule has 8 heteroatoms. The average Bonchev–Trinajstić information content (AvgIpc) is 2.23. The van der Waals surface area contributed by atoms with E-state index in [1.54, 1.807) is 0 Å². The minimum atomic E-state index is -3.58. The molecule has 0 heterocycles. The van der Waals surface area contributed by atoms with E-state index in [1.165, 1.54) is 0 Å². The van der Waals surface area contributed by atoms with Crippen molar-refractivity contribution in [2.24, 2.45) is 5.41 Å². The highest BCUT2D eigenvalue weighted by atomic mass is 32.5. The molecule has 0 aliphatic heterocycles. The molecule has 0 aromatic carbocycles. The number of aliphatic hydroxyl groups is 3. The molecule has 0 spiro atoms. The van der Waals surface area contributed by atoms with Gasteiger partial charge in [0.25, 0.3) is 0 Å². The second kappa shape index (κ2) is 7.68.